The monoisotopic (exact) mass is 572 g/mol. The van der Waals surface area contributed by atoms with Gasteiger partial charge in [-0.3, -0.25) is 9.79 Å². The molecule has 2 heterocycles. The van der Waals surface area contributed by atoms with Crippen molar-refractivity contribution in [2.75, 3.05) is 70.9 Å². The highest BCUT2D eigenvalue weighted by Crippen LogP contribution is 2.28. The van der Waals surface area contributed by atoms with Gasteiger partial charge in [-0.15, -0.1) is 24.0 Å². The molecule has 3 N–H and O–H groups in total. The molecule has 33 heavy (non-hydrogen) atoms. The molecule has 2 aliphatic heterocycles. The van der Waals surface area contributed by atoms with Crippen LogP contribution in [0, 0.1) is 5.92 Å². The summed E-state index contributed by atoms with van der Waals surface area (Å²) >= 11 is 0. The number of halogens is 1. The largest absolute Gasteiger partial charge is 0.495 e. The van der Waals surface area contributed by atoms with E-state index in [1.807, 2.05) is 12.1 Å². The number of nitrogens with zero attached hydrogens (tertiary/aromatic N) is 4. The van der Waals surface area contributed by atoms with Gasteiger partial charge in [0.2, 0.25) is 5.91 Å². The summed E-state index contributed by atoms with van der Waals surface area (Å²) in [6.07, 6.45) is 4.01. The zero-order valence-electron chi connectivity index (χ0n) is 20.2. The number of hydrogen-bond acceptors (Lipinski definition) is 5. The maximum Gasteiger partial charge on any atom is 0.220 e. The van der Waals surface area contributed by atoms with Crippen molar-refractivity contribution in [2.45, 2.75) is 32.6 Å². The van der Waals surface area contributed by atoms with Gasteiger partial charge < -0.3 is 30.5 Å². The van der Waals surface area contributed by atoms with Gasteiger partial charge >= 0.3 is 0 Å². The van der Waals surface area contributed by atoms with E-state index in [0.29, 0.717) is 0 Å². The summed E-state index contributed by atoms with van der Waals surface area (Å²) < 4.78 is 5.53. The quantitative estimate of drug-likeness (QED) is 0.205. The fourth-order valence-corrected chi connectivity index (χ4v) is 4.55. The van der Waals surface area contributed by atoms with Gasteiger partial charge in [0, 0.05) is 45.2 Å². The highest BCUT2D eigenvalue weighted by Gasteiger charge is 2.23. The van der Waals surface area contributed by atoms with E-state index in [0.717, 1.165) is 102 Å². The number of anilines is 1. The van der Waals surface area contributed by atoms with Crippen LogP contribution in [0.4, 0.5) is 5.69 Å². The van der Waals surface area contributed by atoms with Gasteiger partial charge in [0.25, 0.3) is 0 Å². The summed E-state index contributed by atoms with van der Waals surface area (Å²) in [5.41, 5.74) is 6.59. The van der Waals surface area contributed by atoms with Gasteiger partial charge in [-0.1, -0.05) is 12.1 Å². The Kier molecular flexibility index (Phi) is 12.1. The summed E-state index contributed by atoms with van der Waals surface area (Å²) in [7, 11) is 1.73. The smallest absolute Gasteiger partial charge is 0.220 e. The van der Waals surface area contributed by atoms with E-state index < -0.39 is 0 Å². The number of carbonyl (C=O) groups excluding carboxylic acids is 1. The number of amides is 1. The Labute approximate surface area is 215 Å². The van der Waals surface area contributed by atoms with Gasteiger partial charge in [0.15, 0.2) is 5.96 Å². The predicted octanol–water partition coefficient (Wildman–Crippen LogP) is 2.38. The number of primary amides is 1. The van der Waals surface area contributed by atoms with Crippen molar-refractivity contribution in [3.05, 3.63) is 24.3 Å². The minimum Gasteiger partial charge on any atom is -0.495 e. The van der Waals surface area contributed by atoms with E-state index in [9.17, 15) is 4.79 Å². The first-order chi connectivity index (χ1) is 15.6. The number of benzene rings is 1. The number of para-hydroxylation sites is 2. The number of guanidine groups is 1. The molecule has 0 atom stereocenters. The molecule has 1 aromatic rings. The minimum atomic E-state index is -0.140. The Morgan fingerprint density at radius 2 is 1.82 bits per heavy atom. The number of nitrogens with one attached hydrogen (secondary N) is 1. The summed E-state index contributed by atoms with van der Waals surface area (Å²) in [5, 5.41) is 3.46. The second kappa shape index (κ2) is 14.5. The highest BCUT2D eigenvalue weighted by molar-refractivity contribution is 14.0. The summed E-state index contributed by atoms with van der Waals surface area (Å²) in [5.74, 6) is 1.88. The average Bonchev–Trinajstić information content (AvgIpc) is 2.83. The van der Waals surface area contributed by atoms with Crippen LogP contribution in [0.2, 0.25) is 0 Å². The maximum absolute atomic E-state index is 11.3. The normalized spacial score (nSPS) is 18.1. The number of ether oxygens (including phenoxy) is 1. The van der Waals surface area contributed by atoms with Crippen LogP contribution >= 0.6 is 24.0 Å². The lowest BCUT2D eigenvalue weighted by atomic mass is 9.96. The topological polar surface area (TPSA) is 86.4 Å². The summed E-state index contributed by atoms with van der Waals surface area (Å²) in [6, 6.07) is 8.23. The van der Waals surface area contributed by atoms with Crippen LogP contribution in [0.3, 0.4) is 0 Å². The molecule has 9 heteroatoms. The second-order valence-corrected chi connectivity index (χ2v) is 8.61. The zero-order chi connectivity index (χ0) is 22.8. The number of piperazine rings is 1. The molecule has 186 valence electrons. The number of rotatable bonds is 9. The van der Waals surface area contributed by atoms with Crippen LogP contribution in [0.1, 0.15) is 32.6 Å². The van der Waals surface area contributed by atoms with Gasteiger partial charge in [-0.2, -0.15) is 0 Å². The van der Waals surface area contributed by atoms with Crippen molar-refractivity contribution in [3.63, 3.8) is 0 Å². The Balaban J connectivity index is 0.00000385. The molecule has 0 unspecified atom stereocenters. The third-order valence-electron chi connectivity index (χ3n) is 6.47. The number of piperidine rings is 1. The van der Waals surface area contributed by atoms with Crippen LogP contribution in [0.25, 0.3) is 0 Å². The first kappa shape index (κ1) is 27.5. The lowest BCUT2D eigenvalue weighted by Gasteiger charge is -2.38. The fourth-order valence-electron chi connectivity index (χ4n) is 4.55. The molecule has 2 fully saturated rings. The molecule has 0 bridgehead atoms. The van der Waals surface area contributed by atoms with Crippen LogP contribution in [0.5, 0.6) is 5.75 Å². The van der Waals surface area contributed by atoms with Crippen molar-refractivity contribution in [1.29, 1.82) is 0 Å². The molecule has 1 amide bonds. The summed E-state index contributed by atoms with van der Waals surface area (Å²) in [6.45, 7) is 10.7. The SMILES string of the molecule is CCNC(=NCCCCN1CCC(C(N)=O)CC1)N1CCN(c2ccccc2OC)CC1.I. The molecule has 3 rings (SSSR count). The molecule has 0 radical (unpaired) electrons. The molecular weight excluding hydrogens is 531 g/mol. The van der Waals surface area contributed by atoms with E-state index in [1.165, 1.54) is 0 Å². The molecule has 0 saturated carbocycles. The predicted molar refractivity (Wildman–Crippen MR) is 146 cm³/mol. The van der Waals surface area contributed by atoms with Gasteiger partial charge in [0.1, 0.15) is 5.75 Å². The van der Waals surface area contributed by atoms with E-state index in [1.54, 1.807) is 7.11 Å². The minimum absolute atomic E-state index is 0. The molecule has 0 aliphatic carbocycles. The third-order valence-corrected chi connectivity index (χ3v) is 6.47. The highest BCUT2D eigenvalue weighted by atomic mass is 127. The molecular formula is C24H41IN6O2. The maximum atomic E-state index is 11.3. The van der Waals surface area contributed by atoms with Crippen LogP contribution < -0.4 is 20.7 Å². The average molecular weight is 573 g/mol. The molecule has 0 aromatic heterocycles. The Hall–Kier alpha value is -1.75. The zero-order valence-corrected chi connectivity index (χ0v) is 22.5. The van der Waals surface area contributed by atoms with Crippen molar-refractivity contribution >= 4 is 41.5 Å². The Bertz CT molecular complexity index is 746. The molecule has 1 aromatic carbocycles. The summed E-state index contributed by atoms with van der Waals surface area (Å²) in [4.78, 5) is 23.4. The first-order valence-corrected chi connectivity index (χ1v) is 12.0. The van der Waals surface area contributed by atoms with E-state index >= 15 is 0 Å². The van der Waals surface area contributed by atoms with Crippen LogP contribution in [-0.2, 0) is 4.79 Å². The number of carbonyl (C=O) groups is 1. The van der Waals surface area contributed by atoms with Crippen molar-refractivity contribution < 1.29 is 9.53 Å². The van der Waals surface area contributed by atoms with Crippen molar-refractivity contribution in [3.8, 4) is 5.75 Å². The third kappa shape index (κ3) is 8.20. The second-order valence-electron chi connectivity index (χ2n) is 8.61. The molecule has 2 saturated heterocycles. The number of likely N-dealkylation sites (tertiary alicyclic amines) is 1. The first-order valence-electron chi connectivity index (χ1n) is 12.0. The number of methoxy groups -OCH3 is 1. The Morgan fingerprint density at radius 1 is 1.12 bits per heavy atom. The van der Waals surface area contributed by atoms with E-state index in [2.05, 4.69) is 39.1 Å². The molecule has 8 nitrogen and oxygen atoms in total. The molecule has 2 aliphatic rings. The number of aliphatic imine (C=N–C) groups is 1. The lowest BCUT2D eigenvalue weighted by Crippen LogP contribution is -2.52. The van der Waals surface area contributed by atoms with Crippen LogP contribution in [-0.4, -0.2) is 87.7 Å². The van der Waals surface area contributed by atoms with E-state index in [-0.39, 0.29) is 35.8 Å². The van der Waals surface area contributed by atoms with E-state index in [4.69, 9.17) is 15.5 Å². The van der Waals surface area contributed by atoms with Gasteiger partial charge in [0.05, 0.1) is 12.8 Å². The molecule has 0 spiro atoms. The lowest BCUT2D eigenvalue weighted by molar-refractivity contribution is -0.123. The van der Waals surface area contributed by atoms with Gasteiger partial charge in [-0.05, 0) is 64.4 Å². The van der Waals surface area contributed by atoms with Crippen molar-refractivity contribution in [2.24, 2.45) is 16.6 Å². The number of hydrogen-bond donors (Lipinski definition) is 2. The van der Waals surface area contributed by atoms with Crippen molar-refractivity contribution in [1.82, 2.24) is 15.1 Å². The standard InChI is InChI=1S/C24H40N6O2.HI/c1-3-26-24(27-12-6-7-13-28-14-10-20(11-15-28)23(25)31)30-18-16-29(17-19-30)21-8-4-5-9-22(21)32-2;/h4-5,8-9,20H,3,6-7,10-19H2,1-2H3,(H2,25,31)(H,26,27);1H. The number of nitrogens with two attached hydrogens (primary N) is 1. The van der Waals surface area contributed by atoms with Gasteiger partial charge in [-0.25, -0.2) is 0 Å². The fraction of sp³-hybridized carbons (Fsp3) is 0.667. The van der Waals surface area contributed by atoms with Crippen LogP contribution in [0.15, 0.2) is 29.3 Å². The Morgan fingerprint density at radius 3 is 2.45 bits per heavy atom. The number of unbranched alkanes of at least 4 members (excludes halogenated alkanes) is 1.